The van der Waals surface area contributed by atoms with Gasteiger partial charge in [0.15, 0.2) is 0 Å². The minimum Gasteiger partial charge on any atom is -0.241 e. The first-order valence-corrected chi connectivity index (χ1v) is 10.6. The molecule has 140 valence electrons. The maximum atomic E-state index is 13.4. The van der Waals surface area contributed by atoms with E-state index in [-0.39, 0.29) is 4.90 Å². The monoisotopic (exact) mass is 387 g/mol. The first-order chi connectivity index (χ1) is 13.4. The lowest BCUT2D eigenvalue weighted by Gasteiger charge is -2.11. The third-order valence-corrected chi connectivity index (χ3v) is 6.51. The summed E-state index contributed by atoms with van der Waals surface area (Å²) in [6, 6.07) is 26.6. The molecule has 0 atom stereocenters. The van der Waals surface area contributed by atoms with Crippen molar-refractivity contribution >= 4 is 10.0 Å². The van der Waals surface area contributed by atoms with Gasteiger partial charge < -0.3 is 0 Å². The van der Waals surface area contributed by atoms with Crippen molar-refractivity contribution in [2.45, 2.75) is 18.7 Å². The Labute approximate surface area is 166 Å². The van der Waals surface area contributed by atoms with Crippen LogP contribution in [0.5, 0.6) is 0 Å². The van der Waals surface area contributed by atoms with Crippen molar-refractivity contribution in [1.29, 1.82) is 0 Å². The Kier molecular flexibility index (Phi) is 4.65. The van der Waals surface area contributed by atoms with E-state index in [1.165, 1.54) is 9.54 Å². The summed E-state index contributed by atoms with van der Waals surface area (Å²) in [4.78, 5) is 0.279. The van der Waals surface area contributed by atoms with Crippen molar-refractivity contribution in [2.24, 2.45) is 0 Å². The molecule has 0 unspecified atom stereocenters. The summed E-state index contributed by atoms with van der Waals surface area (Å²) in [5.74, 6) is 0. The highest BCUT2D eigenvalue weighted by Crippen LogP contribution is 2.32. The molecule has 3 nitrogen and oxygen atoms in total. The van der Waals surface area contributed by atoms with Crippen LogP contribution in [0.4, 0.5) is 0 Å². The molecule has 4 heteroatoms. The van der Waals surface area contributed by atoms with Gasteiger partial charge in [-0.05, 0) is 43.2 Å². The molecule has 0 saturated carbocycles. The molecule has 1 heterocycles. The van der Waals surface area contributed by atoms with Crippen LogP contribution in [-0.4, -0.2) is 12.4 Å². The fourth-order valence-electron chi connectivity index (χ4n) is 3.19. The Bertz CT molecular complexity index is 1200. The van der Waals surface area contributed by atoms with Crippen molar-refractivity contribution in [3.05, 3.63) is 102 Å². The second-order valence-corrected chi connectivity index (χ2v) is 8.77. The van der Waals surface area contributed by atoms with Crippen LogP contribution in [0, 0.1) is 13.8 Å². The van der Waals surface area contributed by atoms with E-state index in [0.717, 1.165) is 22.3 Å². The van der Waals surface area contributed by atoms with E-state index in [9.17, 15) is 8.42 Å². The zero-order valence-corrected chi connectivity index (χ0v) is 16.6. The highest BCUT2D eigenvalue weighted by molar-refractivity contribution is 7.90. The molecule has 0 amide bonds. The van der Waals surface area contributed by atoms with Gasteiger partial charge in [-0.25, -0.2) is 12.4 Å². The predicted octanol–water partition coefficient (Wildman–Crippen LogP) is 5.68. The minimum absolute atomic E-state index is 0.279. The summed E-state index contributed by atoms with van der Waals surface area (Å²) in [5.41, 5.74) is 5.55. The van der Waals surface area contributed by atoms with E-state index in [0.29, 0.717) is 5.69 Å². The van der Waals surface area contributed by atoms with Gasteiger partial charge >= 0.3 is 0 Å². The molecule has 0 N–H and O–H groups in total. The van der Waals surface area contributed by atoms with Crippen molar-refractivity contribution in [2.75, 3.05) is 0 Å². The van der Waals surface area contributed by atoms with Crippen LogP contribution in [0.15, 0.2) is 96.0 Å². The summed E-state index contributed by atoms with van der Waals surface area (Å²) in [5, 5.41) is 0. The molecule has 1 aromatic heterocycles. The van der Waals surface area contributed by atoms with Gasteiger partial charge in [-0.15, -0.1) is 0 Å². The van der Waals surface area contributed by atoms with E-state index in [1.54, 1.807) is 18.3 Å². The van der Waals surface area contributed by atoms with Crippen molar-refractivity contribution in [1.82, 2.24) is 3.97 Å². The van der Waals surface area contributed by atoms with E-state index in [1.807, 2.05) is 86.6 Å². The average Bonchev–Trinajstić information content (AvgIpc) is 3.16. The Balaban J connectivity index is 1.92. The summed E-state index contributed by atoms with van der Waals surface area (Å²) < 4.78 is 28.2. The molecule has 0 saturated heterocycles. The average molecular weight is 388 g/mol. The second-order valence-electron chi connectivity index (χ2n) is 6.96. The molecule has 3 aromatic carbocycles. The van der Waals surface area contributed by atoms with Gasteiger partial charge in [0.2, 0.25) is 0 Å². The Morgan fingerprint density at radius 3 is 1.82 bits per heavy atom. The lowest BCUT2D eigenvalue weighted by Crippen LogP contribution is -2.13. The molecule has 0 fully saturated rings. The van der Waals surface area contributed by atoms with Crippen LogP contribution < -0.4 is 0 Å². The maximum absolute atomic E-state index is 13.4. The lowest BCUT2D eigenvalue weighted by atomic mass is 10.1. The molecule has 0 spiro atoms. The van der Waals surface area contributed by atoms with Crippen LogP contribution in [0.25, 0.3) is 22.4 Å². The van der Waals surface area contributed by atoms with E-state index in [2.05, 4.69) is 0 Å². The molecule has 4 rings (SSSR count). The minimum atomic E-state index is -3.71. The maximum Gasteiger partial charge on any atom is 0.268 e. The topological polar surface area (TPSA) is 39.1 Å². The van der Waals surface area contributed by atoms with Gasteiger partial charge in [-0.3, -0.25) is 0 Å². The predicted molar refractivity (Wildman–Crippen MR) is 114 cm³/mol. The van der Waals surface area contributed by atoms with Crippen LogP contribution in [-0.2, 0) is 10.0 Å². The standard InChI is InChI=1S/C24H21NO2S/c1-18-8-12-20(13-9-18)22-16-24(21-6-4-3-5-7-21)25(17-22)28(26,27)23-14-10-19(2)11-15-23/h3-17H,1-2H3. The Morgan fingerprint density at radius 2 is 1.21 bits per heavy atom. The van der Waals surface area contributed by atoms with Gasteiger partial charge in [0, 0.05) is 11.8 Å². The van der Waals surface area contributed by atoms with Crippen LogP contribution in [0.1, 0.15) is 11.1 Å². The number of benzene rings is 3. The van der Waals surface area contributed by atoms with Gasteiger partial charge in [0.1, 0.15) is 0 Å². The summed E-state index contributed by atoms with van der Waals surface area (Å²) in [6.07, 6.45) is 1.71. The largest absolute Gasteiger partial charge is 0.268 e. The Morgan fingerprint density at radius 1 is 0.643 bits per heavy atom. The first-order valence-electron chi connectivity index (χ1n) is 9.12. The van der Waals surface area contributed by atoms with E-state index < -0.39 is 10.0 Å². The third kappa shape index (κ3) is 3.39. The van der Waals surface area contributed by atoms with E-state index in [4.69, 9.17) is 0 Å². The normalized spacial score (nSPS) is 11.5. The molecule has 0 aliphatic carbocycles. The number of nitrogens with zero attached hydrogens (tertiary/aromatic N) is 1. The first kappa shape index (κ1) is 18.3. The zero-order valence-electron chi connectivity index (χ0n) is 15.8. The quantitative estimate of drug-likeness (QED) is 0.452. The van der Waals surface area contributed by atoms with Crippen molar-refractivity contribution in [3.63, 3.8) is 0 Å². The molecule has 0 aliphatic heterocycles. The third-order valence-electron chi connectivity index (χ3n) is 4.82. The zero-order chi connectivity index (χ0) is 19.7. The van der Waals surface area contributed by atoms with Crippen molar-refractivity contribution in [3.8, 4) is 22.4 Å². The van der Waals surface area contributed by atoms with Crippen LogP contribution in [0.3, 0.4) is 0 Å². The summed E-state index contributed by atoms with van der Waals surface area (Å²) in [7, 11) is -3.71. The molecule has 4 aromatic rings. The summed E-state index contributed by atoms with van der Waals surface area (Å²) >= 11 is 0. The molecular weight excluding hydrogens is 366 g/mol. The van der Waals surface area contributed by atoms with Gasteiger partial charge in [-0.1, -0.05) is 77.9 Å². The summed E-state index contributed by atoms with van der Waals surface area (Å²) in [6.45, 7) is 3.98. The fourth-order valence-corrected chi connectivity index (χ4v) is 4.57. The molecule has 0 radical (unpaired) electrons. The highest BCUT2D eigenvalue weighted by Gasteiger charge is 2.22. The highest BCUT2D eigenvalue weighted by atomic mass is 32.2. The number of rotatable bonds is 4. The number of aromatic nitrogens is 1. The van der Waals surface area contributed by atoms with Crippen LogP contribution >= 0.6 is 0 Å². The molecular formula is C24H21NO2S. The van der Waals surface area contributed by atoms with Gasteiger partial charge in [0.25, 0.3) is 10.0 Å². The number of hydrogen-bond donors (Lipinski definition) is 0. The molecule has 0 aliphatic rings. The van der Waals surface area contributed by atoms with Crippen LogP contribution in [0.2, 0.25) is 0 Å². The number of hydrogen-bond acceptors (Lipinski definition) is 2. The smallest absolute Gasteiger partial charge is 0.241 e. The molecule has 28 heavy (non-hydrogen) atoms. The van der Waals surface area contributed by atoms with Gasteiger partial charge in [-0.2, -0.15) is 0 Å². The Hall–Kier alpha value is -3.11. The number of aryl methyl sites for hydroxylation is 2. The van der Waals surface area contributed by atoms with Gasteiger partial charge in [0.05, 0.1) is 10.6 Å². The second kappa shape index (κ2) is 7.13. The van der Waals surface area contributed by atoms with E-state index >= 15 is 0 Å². The molecule has 0 bridgehead atoms. The fraction of sp³-hybridized carbons (Fsp3) is 0.0833. The lowest BCUT2D eigenvalue weighted by molar-refractivity contribution is 0.588. The SMILES string of the molecule is Cc1ccc(-c2cc(-c3ccccc3)n(S(=O)(=O)c3ccc(C)cc3)c2)cc1. The van der Waals surface area contributed by atoms with Crippen molar-refractivity contribution < 1.29 is 8.42 Å².